The van der Waals surface area contributed by atoms with E-state index in [2.05, 4.69) is 29.4 Å². The molecule has 6 heteroatoms. The van der Waals surface area contributed by atoms with Gasteiger partial charge in [-0.2, -0.15) is 0 Å². The summed E-state index contributed by atoms with van der Waals surface area (Å²) >= 11 is 0. The van der Waals surface area contributed by atoms with Gasteiger partial charge in [-0.05, 0) is 19.4 Å². The van der Waals surface area contributed by atoms with Crippen LogP contribution in [0.3, 0.4) is 0 Å². The molecule has 1 aromatic carbocycles. The van der Waals surface area contributed by atoms with E-state index in [1.165, 1.54) is 6.92 Å². The molecule has 1 heterocycles. The molecule has 1 fully saturated rings. The number of carbonyl (C=O) groups is 2. The lowest BCUT2D eigenvalue weighted by Gasteiger charge is -2.40. The third kappa shape index (κ3) is 6.14. The van der Waals surface area contributed by atoms with Gasteiger partial charge in [-0.15, -0.1) is 0 Å². The summed E-state index contributed by atoms with van der Waals surface area (Å²) < 4.78 is 5.39. The molecule has 0 aliphatic carbocycles. The zero-order chi connectivity index (χ0) is 18.3. The zero-order valence-electron chi connectivity index (χ0n) is 15.4. The maximum Gasteiger partial charge on any atom is 0.222 e. The Morgan fingerprint density at radius 1 is 1.20 bits per heavy atom. The minimum atomic E-state index is -0.315. The molecule has 0 saturated carbocycles. The van der Waals surface area contributed by atoms with E-state index in [0.717, 1.165) is 31.9 Å². The largest absolute Gasteiger partial charge is 0.379 e. The summed E-state index contributed by atoms with van der Waals surface area (Å²) in [4.78, 5) is 26.2. The van der Waals surface area contributed by atoms with Crippen LogP contribution in [0.15, 0.2) is 30.3 Å². The molecule has 0 bridgehead atoms. The number of hydrogen-bond acceptors (Lipinski definition) is 4. The Labute approximate surface area is 149 Å². The molecule has 25 heavy (non-hydrogen) atoms. The number of morpholine rings is 1. The highest BCUT2D eigenvalue weighted by molar-refractivity contribution is 5.79. The number of amides is 2. The molecule has 1 aliphatic heterocycles. The second kappa shape index (κ2) is 8.97. The number of carbonyl (C=O) groups excluding carboxylic acids is 2. The minimum Gasteiger partial charge on any atom is -0.379 e. The quantitative estimate of drug-likeness (QED) is 0.784. The van der Waals surface area contributed by atoms with Gasteiger partial charge >= 0.3 is 0 Å². The van der Waals surface area contributed by atoms with E-state index < -0.39 is 0 Å². The van der Waals surface area contributed by atoms with Crippen molar-refractivity contribution in [3.05, 3.63) is 35.9 Å². The van der Waals surface area contributed by atoms with Crippen LogP contribution in [-0.4, -0.2) is 55.1 Å². The number of rotatable bonds is 7. The van der Waals surface area contributed by atoms with Crippen LogP contribution >= 0.6 is 0 Å². The molecule has 138 valence electrons. The van der Waals surface area contributed by atoms with E-state index in [-0.39, 0.29) is 29.8 Å². The lowest BCUT2D eigenvalue weighted by atomic mass is 10.0. The van der Waals surface area contributed by atoms with Crippen molar-refractivity contribution in [1.82, 2.24) is 15.5 Å². The second-order valence-corrected chi connectivity index (χ2v) is 7.06. The van der Waals surface area contributed by atoms with Crippen molar-refractivity contribution < 1.29 is 14.3 Å². The van der Waals surface area contributed by atoms with Gasteiger partial charge in [0, 0.05) is 32.1 Å². The maximum atomic E-state index is 12.4. The lowest BCUT2D eigenvalue weighted by molar-refractivity contribution is -0.123. The Balaban J connectivity index is 1.91. The van der Waals surface area contributed by atoms with Gasteiger partial charge in [0.15, 0.2) is 0 Å². The fraction of sp³-hybridized carbons (Fsp3) is 0.579. The second-order valence-electron chi connectivity index (χ2n) is 7.06. The van der Waals surface area contributed by atoms with Crippen molar-refractivity contribution in [2.45, 2.75) is 38.8 Å². The van der Waals surface area contributed by atoms with Gasteiger partial charge in [0.05, 0.1) is 25.7 Å². The molecule has 0 radical (unpaired) electrons. The van der Waals surface area contributed by atoms with E-state index >= 15 is 0 Å². The standard InChI is InChI=1S/C19H29N3O3/c1-15(23)21-17(16-7-5-4-6-8-16)13-18(24)20-14-19(2,3)22-9-11-25-12-10-22/h4-8,17H,9-14H2,1-3H3,(H,20,24)(H,21,23)/t17-/m1/s1. The Morgan fingerprint density at radius 2 is 1.84 bits per heavy atom. The monoisotopic (exact) mass is 347 g/mol. The molecule has 1 aromatic rings. The highest BCUT2D eigenvalue weighted by Crippen LogP contribution is 2.18. The predicted molar refractivity (Wildman–Crippen MR) is 97.1 cm³/mol. The van der Waals surface area contributed by atoms with E-state index in [4.69, 9.17) is 4.74 Å². The number of nitrogens with one attached hydrogen (secondary N) is 2. The summed E-state index contributed by atoms with van der Waals surface area (Å²) in [6.07, 6.45) is 0.225. The Hall–Kier alpha value is -1.92. The number of nitrogens with zero attached hydrogens (tertiary/aromatic N) is 1. The van der Waals surface area contributed by atoms with Gasteiger partial charge in [0.1, 0.15) is 0 Å². The minimum absolute atomic E-state index is 0.0658. The first-order valence-electron chi connectivity index (χ1n) is 8.80. The van der Waals surface area contributed by atoms with Gasteiger partial charge in [-0.25, -0.2) is 0 Å². The summed E-state index contributed by atoms with van der Waals surface area (Å²) in [7, 11) is 0. The van der Waals surface area contributed by atoms with Crippen LogP contribution in [0, 0.1) is 0 Å². The Bertz CT molecular complexity index is 569. The van der Waals surface area contributed by atoms with Crippen LogP contribution in [0.2, 0.25) is 0 Å². The maximum absolute atomic E-state index is 12.4. The summed E-state index contributed by atoms with van der Waals surface area (Å²) in [6.45, 7) is 9.50. The van der Waals surface area contributed by atoms with Crippen LogP contribution in [-0.2, 0) is 14.3 Å². The molecule has 2 rings (SSSR count). The molecule has 1 saturated heterocycles. The Morgan fingerprint density at radius 3 is 2.44 bits per heavy atom. The fourth-order valence-corrected chi connectivity index (χ4v) is 3.04. The van der Waals surface area contributed by atoms with Crippen molar-refractivity contribution in [1.29, 1.82) is 0 Å². The van der Waals surface area contributed by atoms with E-state index in [1.54, 1.807) is 0 Å². The summed E-state index contributed by atoms with van der Waals surface area (Å²) in [6, 6.07) is 9.26. The van der Waals surface area contributed by atoms with Gasteiger partial charge < -0.3 is 15.4 Å². The normalized spacial score (nSPS) is 16.9. The lowest BCUT2D eigenvalue weighted by Crippen LogP contribution is -2.55. The summed E-state index contributed by atoms with van der Waals surface area (Å²) in [5.74, 6) is -0.209. The van der Waals surface area contributed by atoms with Crippen LogP contribution in [0.1, 0.15) is 38.8 Å². The first-order valence-corrected chi connectivity index (χ1v) is 8.80. The zero-order valence-corrected chi connectivity index (χ0v) is 15.4. The van der Waals surface area contributed by atoms with E-state index in [0.29, 0.717) is 6.54 Å². The molecular weight excluding hydrogens is 318 g/mol. The number of ether oxygens (including phenoxy) is 1. The molecule has 0 unspecified atom stereocenters. The molecule has 6 nitrogen and oxygen atoms in total. The molecule has 2 amide bonds. The summed E-state index contributed by atoms with van der Waals surface area (Å²) in [5, 5.41) is 5.88. The molecule has 0 spiro atoms. The van der Waals surface area contributed by atoms with Gasteiger partial charge in [0.25, 0.3) is 0 Å². The van der Waals surface area contributed by atoms with E-state index in [1.807, 2.05) is 30.3 Å². The van der Waals surface area contributed by atoms with Crippen LogP contribution in [0.5, 0.6) is 0 Å². The first-order chi connectivity index (χ1) is 11.9. The third-order valence-electron chi connectivity index (χ3n) is 4.55. The van der Waals surface area contributed by atoms with Crippen molar-refractivity contribution in [2.75, 3.05) is 32.8 Å². The Kier molecular flexibility index (Phi) is 6.96. The van der Waals surface area contributed by atoms with Crippen molar-refractivity contribution in [3.8, 4) is 0 Å². The fourth-order valence-electron chi connectivity index (χ4n) is 3.04. The average molecular weight is 347 g/mol. The van der Waals surface area contributed by atoms with Gasteiger partial charge in [-0.3, -0.25) is 14.5 Å². The highest BCUT2D eigenvalue weighted by atomic mass is 16.5. The first kappa shape index (κ1) is 19.4. The van der Waals surface area contributed by atoms with Crippen LogP contribution < -0.4 is 10.6 Å². The summed E-state index contributed by atoms with van der Waals surface area (Å²) in [5.41, 5.74) is 0.802. The molecular formula is C19H29N3O3. The highest BCUT2D eigenvalue weighted by Gasteiger charge is 2.29. The topological polar surface area (TPSA) is 70.7 Å². The van der Waals surface area contributed by atoms with Crippen molar-refractivity contribution >= 4 is 11.8 Å². The molecule has 2 N–H and O–H groups in total. The smallest absolute Gasteiger partial charge is 0.222 e. The van der Waals surface area contributed by atoms with Gasteiger partial charge in [-0.1, -0.05) is 30.3 Å². The molecule has 1 aliphatic rings. The van der Waals surface area contributed by atoms with Gasteiger partial charge in [0.2, 0.25) is 11.8 Å². The predicted octanol–water partition coefficient (Wildman–Crippen LogP) is 1.48. The molecule has 0 aromatic heterocycles. The van der Waals surface area contributed by atoms with Crippen LogP contribution in [0.4, 0.5) is 0 Å². The SMILES string of the molecule is CC(=O)N[C@H](CC(=O)NCC(C)(C)N1CCOCC1)c1ccccc1. The average Bonchev–Trinajstić information content (AvgIpc) is 2.61. The van der Waals surface area contributed by atoms with Crippen molar-refractivity contribution in [3.63, 3.8) is 0 Å². The van der Waals surface area contributed by atoms with Crippen molar-refractivity contribution in [2.24, 2.45) is 0 Å². The number of benzene rings is 1. The van der Waals surface area contributed by atoms with E-state index in [9.17, 15) is 9.59 Å². The van der Waals surface area contributed by atoms with Crippen LogP contribution in [0.25, 0.3) is 0 Å². The third-order valence-corrected chi connectivity index (χ3v) is 4.55. The molecule has 1 atom stereocenters. The number of hydrogen-bond donors (Lipinski definition) is 2.